The Morgan fingerprint density at radius 2 is 2.04 bits per heavy atom. The van der Waals surface area contributed by atoms with Gasteiger partial charge in [-0.1, -0.05) is 42.2 Å². The van der Waals surface area contributed by atoms with E-state index in [0.29, 0.717) is 0 Å². The predicted octanol–water partition coefficient (Wildman–Crippen LogP) is 5.59. The summed E-state index contributed by atoms with van der Waals surface area (Å²) in [5.41, 5.74) is 6.50. The summed E-state index contributed by atoms with van der Waals surface area (Å²) in [6.45, 7) is 8.37. The highest BCUT2D eigenvalue weighted by Crippen LogP contribution is 2.34. The summed E-state index contributed by atoms with van der Waals surface area (Å²) in [5, 5.41) is 4.05. The summed E-state index contributed by atoms with van der Waals surface area (Å²) in [7, 11) is 1.90. The highest BCUT2D eigenvalue weighted by molar-refractivity contribution is 7.19. The summed E-state index contributed by atoms with van der Waals surface area (Å²) in [5.74, 6) is 0. The fourth-order valence-corrected chi connectivity index (χ4v) is 3.60. The van der Waals surface area contributed by atoms with Crippen LogP contribution in [0.1, 0.15) is 22.5 Å². The van der Waals surface area contributed by atoms with Crippen LogP contribution in [0.4, 0.5) is 5.13 Å². The van der Waals surface area contributed by atoms with Gasteiger partial charge in [-0.15, -0.1) is 0 Å². The summed E-state index contributed by atoms with van der Waals surface area (Å²) in [6.07, 6.45) is 5.79. The lowest BCUT2D eigenvalue weighted by molar-refractivity contribution is 1.25. The Morgan fingerprint density at radius 1 is 1.20 bits per heavy atom. The molecule has 0 unspecified atom stereocenters. The van der Waals surface area contributed by atoms with Gasteiger partial charge in [-0.3, -0.25) is 4.98 Å². The molecule has 2 aromatic heterocycles. The number of allylic oxidation sites excluding steroid dienone is 2. The first kappa shape index (κ1) is 17.1. The molecule has 1 aromatic carbocycles. The van der Waals surface area contributed by atoms with Crippen molar-refractivity contribution in [3.8, 4) is 10.4 Å². The van der Waals surface area contributed by atoms with Gasteiger partial charge in [0.15, 0.2) is 5.13 Å². The van der Waals surface area contributed by atoms with Crippen LogP contribution in [0, 0.1) is 13.8 Å². The molecule has 0 aliphatic carbocycles. The molecule has 4 heteroatoms. The molecule has 1 N–H and O–H groups in total. The van der Waals surface area contributed by atoms with Gasteiger partial charge in [0.2, 0.25) is 0 Å². The van der Waals surface area contributed by atoms with Crippen LogP contribution < -0.4 is 5.32 Å². The second kappa shape index (κ2) is 7.45. The van der Waals surface area contributed by atoms with E-state index in [0.717, 1.165) is 27.7 Å². The van der Waals surface area contributed by atoms with Gasteiger partial charge in [-0.05, 0) is 60.4 Å². The van der Waals surface area contributed by atoms with Crippen LogP contribution in [0.2, 0.25) is 0 Å². The Bertz CT molecular complexity index is 924. The molecule has 0 saturated heterocycles. The first-order valence-corrected chi connectivity index (χ1v) is 8.94. The number of aromatic nitrogens is 2. The monoisotopic (exact) mass is 347 g/mol. The summed E-state index contributed by atoms with van der Waals surface area (Å²) in [4.78, 5) is 10.0. The zero-order chi connectivity index (χ0) is 17.8. The van der Waals surface area contributed by atoms with Crippen LogP contribution in [0.3, 0.4) is 0 Å². The largest absolute Gasteiger partial charge is 0.365 e. The Morgan fingerprint density at radius 3 is 2.68 bits per heavy atom. The zero-order valence-electron chi connectivity index (χ0n) is 14.7. The lowest BCUT2D eigenvalue weighted by atomic mass is 9.98. The van der Waals surface area contributed by atoms with E-state index < -0.39 is 0 Å². The molecule has 0 spiro atoms. The van der Waals surface area contributed by atoms with Crippen molar-refractivity contribution in [2.75, 3.05) is 12.4 Å². The minimum atomic E-state index is 0.929. The van der Waals surface area contributed by atoms with Crippen molar-refractivity contribution in [2.45, 2.75) is 13.8 Å². The number of nitrogens with one attached hydrogen (secondary N) is 1. The molecule has 2 heterocycles. The maximum absolute atomic E-state index is 4.53. The number of thiazole rings is 1. The average Bonchev–Trinajstić information content (AvgIpc) is 3.01. The van der Waals surface area contributed by atoms with Crippen molar-refractivity contribution in [1.29, 1.82) is 0 Å². The fourth-order valence-electron chi connectivity index (χ4n) is 2.69. The molecule has 0 fully saturated rings. The van der Waals surface area contributed by atoms with E-state index in [2.05, 4.69) is 47.0 Å². The van der Waals surface area contributed by atoms with E-state index in [9.17, 15) is 0 Å². The van der Waals surface area contributed by atoms with Crippen molar-refractivity contribution >= 4 is 28.1 Å². The minimum Gasteiger partial charge on any atom is -0.365 e. The Kier molecular flexibility index (Phi) is 5.10. The molecule has 0 amide bonds. The molecule has 0 bridgehead atoms. The molecule has 3 rings (SSSR count). The van der Waals surface area contributed by atoms with Crippen LogP contribution in [0.15, 0.2) is 55.3 Å². The number of nitrogens with zero attached hydrogens (tertiary/aromatic N) is 2. The van der Waals surface area contributed by atoms with E-state index in [-0.39, 0.29) is 0 Å². The molecule has 0 aliphatic rings. The second-order valence-corrected chi connectivity index (χ2v) is 6.83. The van der Waals surface area contributed by atoms with Gasteiger partial charge in [-0.2, -0.15) is 0 Å². The first-order valence-electron chi connectivity index (χ1n) is 8.13. The van der Waals surface area contributed by atoms with E-state index in [1.165, 1.54) is 16.0 Å². The predicted molar refractivity (Wildman–Crippen MR) is 109 cm³/mol. The number of aryl methyl sites for hydroxylation is 2. The van der Waals surface area contributed by atoms with Gasteiger partial charge >= 0.3 is 0 Å². The number of hydrogen-bond donors (Lipinski definition) is 1. The number of hydrogen-bond acceptors (Lipinski definition) is 4. The SMILES string of the molecule is C=C(/C=C/c1ccccn1)c1ccc(-c2sc(NC)nc2C)cc1C. The number of anilines is 1. The Labute approximate surface area is 152 Å². The van der Waals surface area contributed by atoms with Crippen molar-refractivity contribution in [1.82, 2.24) is 9.97 Å². The molecular formula is C21H21N3S. The first-order chi connectivity index (χ1) is 12.1. The quantitative estimate of drug-likeness (QED) is 0.611. The standard InChI is InChI=1S/C21H21N3S/c1-14(8-10-18-7-5-6-12-23-18)19-11-9-17(13-15(19)2)20-16(3)24-21(22-4)25-20/h5-13H,1H2,2-4H3,(H,22,24)/b10-8+. The third-order valence-electron chi connectivity index (χ3n) is 3.99. The molecule has 0 aliphatic heterocycles. The zero-order valence-corrected chi connectivity index (χ0v) is 15.5. The highest BCUT2D eigenvalue weighted by atomic mass is 32.1. The van der Waals surface area contributed by atoms with Crippen molar-refractivity contribution < 1.29 is 0 Å². The number of rotatable bonds is 5. The number of pyridine rings is 1. The van der Waals surface area contributed by atoms with E-state index >= 15 is 0 Å². The molecular weight excluding hydrogens is 326 g/mol. The van der Waals surface area contributed by atoms with E-state index in [1.54, 1.807) is 17.5 Å². The summed E-state index contributed by atoms with van der Waals surface area (Å²) < 4.78 is 0. The van der Waals surface area contributed by atoms with Crippen LogP contribution in [0.25, 0.3) is 22.1 Å². The van der Waals surface area contributed by atoms with Crippen LogP contribution >= 0.6 is 11.3 Å². The molecule has 3 aromatic rings. The summed E-state index contributed by atoms with van der Waals surface area (Å²) >= 11 is 1.68. The van der Waals surface area contributed by atoms with E-state index in [1.807, 2.05) is 44.3 Å². The number of benzene rings is 1. The minimum absolute atomic E-state index is 0.929. The second-order valence-electron chi connectivity index (χ2n) is 5.83. The van der Waals surface area contributed by atoms with Crippen molar-refractivity contribution in [2.24, 2.45) is 0 Å². The maximum atomic E-state index is 4.53. The van der Waals surface area contributed by atoms with E-state index in [4.69, 9.17) is 0 Å². The molecule has 126 valence electrons. The van der Waals surface area contributed by atoms with Crippen LogP contribution in [-0.2, 0) is 0 Å². The fraction of sp³-hybridized carbons (Fsp3) is 0.143. The average molecular weight is 347 g/mol. The smallest absolute Gasteiger partial charge is 0.183 e. The van der Waals surface area contributed by atoms with Gasteiger partial charge in [0.05, 0.1) is 16.3 Å². The van der Waals surface area contributed by atoms with Gasteiger partial charge in [-0.25, -0.2) is 4.98 Å². The third-order valence-corrected chi connectivity index (χ3v) is 5.21. The normalized spacial score (nSPS) is 11.0. The van der Waals surface area contributed by atoms with Gasteiger partial charge < -0.3 is 5.32 Å². The van der Waals surface area contributed by atoms with Crippen LogP contribution in [0.5, 0.6) is 0 Å². The molecule has 25 heavy (non-hydrogen) atoms. The third kappa shape index (κ3) is 3.86. The lowest BCUT2D eigenvalue weighted by Gasteiger charge is -2.08. The molecule has 0 saturated carbocycles. The highest BCUT2D eigenvalue weighted by Gasteiger charge is 2.10. The summed E-state index contributed by atoms with van der Waals surface area (Å²) in [6, 6.07) is 12.3. The Balaban J connectivity index is 1.85. The van der Waals surface area contributed by atoms with Gasteiger partial charge in [0.25, 0.3) is 0 Å². The molecule has 3 nitrogen and oxygen atoms in total. The molecule has 0 radical (unpaired) electrons. The van der Waals surface area contributed by atoms with Gasteiger partial charge in [0.1, 0.15) is 0 Å². The topological polar surface area (TPSA) is 37.8 Å². The molecule has 0 atom stereocenters. The lowest BCUT2D eigenvalue weighted by Crippen LogP contribution is -1.88. The van der Waals surface area contributed by atoms with Crippen LogP contribution in [-0.4, -0.2) is 17.0 Å². The maximum Gasteiger partial charge on any atom is 0.183 e. The van der Waals surface area contributed by atoms with Gasteiger partial charge in [0, 0.05) is 13.2 Å². The van der Waals surface area contributed by atoms with Crippen molar-refractivity contribution in [3.05, 3.63) is 77.8 Å². The van der Waals surface area contributed by atoms with Crippen molar-refractivity contribution in [3.63, 3.8) is 0 Å². The Hall–Kier alpha value is -2.72.